The van der Waals surface area contributed by atoms with E-state index in [0.29, 0.717) is 0 Å². The van der Waals surface area contributed by atoms with Crippen molar-refractivity contribution in [1.29, 1.82) is 0 Å². The molecule has 0 aliphatic rings. The second-order valence-electron chi connectivity index (χ2n) is 4.76. The molecule has 0 saturated carbocycles. The van der Waals surface area contributed by atoms with Gasteiger partial charge in [-0.3, -0.25) is 0 Å². The van der Waals surface area contributed by atoms with Gasteiger partial charge in [-0.05, 0) is 0 Å². The van der Waals surface area contributed by atoms with Gasteiger partial charge in [0.15, 0.2) is 0 Å². The van der Waals surface area contributed by atoms with Gasteiger partial charge in [0.1, 0.15) is 0 Å². The maximum absolute atomic E-state index is 4.15. The summed E-state index contributed by atoms with van der Waals surface area (Å²) in [5.74, 6) is -2.07. The van der Waals surface area contributed by atoms with Crippen LogP contribution in [0.25, 0.3) is 0 Å². The number of benzene rings is 3. The average molecular weight is 318 g/mol. The summed E-state index contributed by atoms with van der Waals surface area (Å²) in [5, 5.41) is 4.12. The minimum atomic E-state index is -2.07. The van der Waals surface area contributed by atoms with Gasteiger partial charge in [0.05, 0.1) is 0 Å². The molecule has 0 spiro atoms. The van der Waals surface area contributed by atoms with Crippen molar-refractivity contribution in [3.8, 4) is 0 Å². The summed E-state index contributed by atoms with van der Waals surface area (Å²) in [4.78, 5) is 0. The molecule has 20 heavy (non-hydrogen) atoms. The maximum atomic E-state index is 4.15. The second kappa shape index (κ2) is 5.94. The van der Waals surface area contributed by atoms with Crippen molar-refractivity contribution in [1.82, 2.24) is 0 Å². The topological polar surface area (TPSA) is 0 Å². The predicted molar refractivity (Wildman–Crippen MR) is 86.5 cm³/mol. The van der Waals surface area contributed by atoms with Crippen LogP contribution in [0.15, 0.2) is 91.0 Å². The first kappa shape index (κ1) is 13.6. The van der Waals surface area contributed by atoms with E-state index in [1.807, 2.05) is 0 Å². The molecule has 3 rings (SSSR count). The Balaban J connectivity index is 2.24. The summed E-state index contributed by atoms with van der Waals surface area (Å²) in [5.41, 5.74) is 0. The van der Waals surface area contributed by atoms with Crippen LogP contribution in [-0.4, -0.2) is 0 Å². The summed E-state index contributed by atoms with van der Waals surface area (Å²) < 4.78 is 0. The minimum absolute atomic E-state index is 1.37. The molecule has 0 N–H and O–H groups in total. The molecule has 3 aromatic carbocycles. The van der Waals surface area contributed by atoms with Crippen molar-refractivity contribution >= 4 is 21.9 Å². The van der Waals surface area contributed by atoms with Crippen molar-refractivity contribution in [2.24, 2.45) is 0 Å². The van der Waals surface area contributed by atoms with Crippen LogP contribution in [0.3, 0.4) is 0 Å². The molecule has 0 nitrogen and oxygen atoms in total. The fourth-order valence-corrected chi connectivity index (χ4v) is 7.23. The van der Waals surface area contributed by atoms with E-state index in [1.165, 1.54) is 15.9 Å². The van der Waals surface area contributed by atoms with Crippen LogP contribution in [0.2, 0.25) is 0 Å². The zero-order chi connectivity index (χ0) is 13.8. The Kier molecular flexibility index (Phi) is 4.03. The molecule has 0 radical (unpaired) electrons. The zero-order valence-electron chi connectivity index (χ0n) is 11.0. The number of hydrogen-bond donors (Lipinski definition) is 0. The Morgan fingerprint density at radius 1 is 0.450 bits per heavy atom. The molecular formula is C18H16MnP. The second-order valence-corrected chi connectivity index (χ2v) is 10.5. The summed E-state index contributed by atoms with van der Waals surface area (Å²) in [6.45, 7) is 0. The first-order chi connectivity index (χ1) is 9.82. The van der Waals surface area contributed by atoms with Gasteiger partial charge in [-0.2, -0.15) is 0 Å². The van der Waals surface area contributed by atoms with E-state index in [4.69, 9.17) is 0 Å². The van der Waals surface area contributed by atoms with Crippen LogP contribution >= 0.6 is 5.95 Å². The van der Waals surface area contributed by atoms with Gasteiger partial charge in [-0.1, -0.05) is 0 Å². The van der Waals surface area contributed by atoms with Crippen LogP contribution in [0, 0.1) is 0 Å². The molecule has 0 aromatic heterocycles. The van der Waals surface area contributed by atoms with Crippen molar-refractivity contribution in [2.45, 2.75) is 0 Å². The van der Waals surface area contributed by atoms with Gasteiger partial charge in [0.2, 0.25) is 0 Å². The van der Waals surface area contributed by atoms with E-state index < -0.39 is 5.95 Å². The van der Waals surface area contributed by atoms with Crippen molar-refractivity contribution in [3.63, 3.8) is 0 Å². The summed E-state index contributed by atoms with van der Waals surface area (Å²) in [6.07, 6.45) is 0. The van der Waals surface area contributed by atoms with Gasteiger partial charge in [-0.15, -0.1) is 0 Å². The number of hydrogen-bond acceptors (Lipinski definition) is 0. The van der Waals surface area contributed by atoms with Crippen molar-refractivity contribution in [3.05, 3.63) is 91.0 Å². The molecule has 0 bridgehead atoms. The monoisotopic (exact) mass is 318 g/mol. The molecule has 0 heterocycles. The Hall–Kier alpha value is -1.39. The van der Waals surface area contributed by atoms with Crippen LogP contribution < -0.4 is 15.9 Å². The molecular weight excluding hydrogens is 302 g/mol. The van der Waals surface area contributed by atoms with E-state index in [-0.39, 0.29) is 0 Å². The molecule has 2 heteroatoms. The van der Waals surface area contributed by atoms with Gasteiger partial charge in [0, 0.05) is 0 Å². The number of rotatable bonds is 3. The third-order valence-electron chi connectivity index (χ3n) is 3.51. The first-order valence-corrected chi connectivity index (χ1v) is 10.3. The Morgan fingerprint density at radius 3 is 0.950 bits per heavy atom. The van der Waals surface area contributed by atoms with Crippen LogP contribution in [0.1, 0.15) is 0 Å². The van der Waals surface area contributed by atoms with Gasteiger partial charge in [-0.25, -0.2) is 0 Å². The first-order valence-electron chi connectivity index (χ1n) is 6.67. The van der Waals surface area contributed by atoms with Crippen LogP contribution in [0.4, 0.5) is 0 Å². The molecule has 3 aromatic rings. The van der Waals surface area contributed by atoms with E-state index in [1.54, 1.807) is 0 Å². The SMILES string of the molecule is [Mn][PH](c1ccccc1)(c1ccccc1)c1ccccc1. The third kappa shape index (κ3) is 2.45. The van der Waals surface area contributed by atoms with E-state index in [0.717, 1.165) is 0 Å². The predicted octanol–water partition coefficient (Wildman–Crippen LogP) is 3.17. The molecule has 0 aliphatic heterocycles. The van der Waals surface area contributed by atoms with Crippen molar-refractivity contribution in [2.75, 3.05) is 0 Å². The van der Waals surface area contributed by atoms with E-state index >= 15 is 0 Å². The van der Waals surface area contributed by atoms with Crippen LogP contribution in [-0.2, 0) is 15.6 Å². The zero-order valence-corrected chi connectivity index (χ0v) is 13.2. The fourth-order valence-electron chi connectivity index (χ4n) is 2.50. The van der Waals surface area contributed by atoms with E-state index in [9.17, 15) is 0 Å². The van der Waals surface area contributed by atoms with Gasteiger partial charge < -0.3 is 0 Å². The molecule has 0 aliphatic carbocycles. The Labute approximate surface area is 128 Å². The molecule has 0 fully saturated rings. The summed E-state index contributed by atoms with van der Waals surface area (Å²) in [7, 11) is 0. The Morgan fingerprint density at radius 2 is 0.700 bits per heavy atom. The Bertz CT molecular complexity index is 569. The average Bonchev–Trinajstić information content (AvgIpc) is 2.56. The molecule has 0 atom stereocenters. The van der Waals surface area contributed by atoms with Crippen LogP contribution in [0.5, 0.6) is 0 Å². The summed E-state index contributed by atoms with van der Waals surface area (Å²) >= 11 is 4.15. The molecule has 100 valence electrons. The van der Waals surface area contributed by atoms with E-state index in [2.05, 4.69) is 107 Å². The summed E-state index contributed by atoms with van der Waals surface area (Å²) in [6, 6.07) is 32.2. The molecule has 0 saturated heterocycles. The van der Waals surface area contributed by atoms with Crippen molar-refractivity contribution < 1.29 is 15.6 Å². The quantitative estimate of drug-likeness (QED) is 0.514. The molecule has 0 unspecified atom stereocenters. The van der Waals surface area contributed by atoms with Gasteiger partial charge >= 0.3 is 128 Å². The van der Waals surface area contributed by atoms with Gasteiger partial charge in [0.25, 0.3) is 0 Å². The fraction of sp³-hybridized carbons (Fsp3) is 0. The molecule has 0 amide bonds. The normalized spacial score (nSPS) is 12.1. The standard InChI is InChI=1S/C18H15P.Mn/c1-4-10-16(11-5-1)19(17-12-6-2-7-13-17)18-14-8-3-9-15-18;/h1-15H;/q;-1/p+1. The third-order valence-corrected chi connectivity index (χ3v) is 9.97.